The minimum absolute atomic E-state index is 0.135. The molecule has 0 amide bonds. The molecule has 6 nitrogen and oxygen atoms in total. The van der Waals surface area contributed by atoms with E-state index < -0.39 is 0 Å². The number of aromatic nitrogens is 4. The van der Waals surface area contributed by atoms with Gasteiger partial charge in [-0.15, -0.1) is 5.10 Å². The summed E-state index contributed by atoms with van der Waals surface area (Å²) >= 11 is 0. The highest BCUT2D eigenvalue weighted by Crippen LogP contribution is 2.15. The molecule has 1 N–H and O–H groups in total. The van der Waals surface area contributed by atoms with E-state index in [4.69, 9.17) is 4.74 Å². The summed E-state index contributed by atoms with van der Waals surface area (Å²) in [5, 5.41) is 15.4. The Morgan fingerprint density at radius 3 is 3.00 bits per heavy atom. The van der Waals surface area contributed by atoms with Crippen LogP contribution in [0.4, 0.5) is 0 Å². The summed E-state index contributed by atoms with van der Waals surface area (Å²) in [5.41, 5.74) is 1.11. The van der Waals surface area contributed by atoms with Crippen molar-refractivity contribution in [1.29, 1.82) is 0 Å². The molecule has 0 fully saturated rings. The average Bonchev–Trinajstić information content (AvgIpc) is 2.93. The molecular weight excluding hydrogens is 254 g/mol. The van der Waals surface area contributed by atoms with Crippen LogP contribution in [-0.2, 0) is 6.54 Å². The highest BCUT2D eigenvalue weighted by Gasteiger charge is 2.13. The molecule has 20 heavy (non-hydrogen) atoms. The number of nitrogens with zero attached hydrogens (tertiary/aromatic N) is 4. The van der Waals surface area contributed by atoms with Gasteiger partial charge in [0.2, 0.25) is 0 Å². The lowest BCUT2D eigenvalue weighted by atomic mass is 10.2. The second-order valence-corrected chi connectivity index (χ2v) is 4.72. The van der Waals surface area contributed by atoms with Crippen LogP contribution in [0.15, 0.2) is 24.3 Å². The maximum absolute atomic E-state index is 5.23. The topological polar surface area (TPSA) is 64.9 Å². The Morgan fingerprint density at radius 1 is 1.40 bits per heavy atom. The first-order valence-electron chi connectivity index (χ1n) is 6.87. The number of benzene rings is 1. The summed E-state index contributed by atoms with van der Waals surface area (Å²) in [4.78, 5) is 0. The molecule has 1 unspecified atom stereocenters. The molecule has 0 saturated carbocycles. The van der Waals surface area contributed by atoms with Crippen molar-refractivity contribution in [1.82, 2.24) is 25.5 Å². The number of hydrogen-bond acceptors (Lipinski definition) is 5. The third kappa shape index (κ3) is 3.54. The highest BCUT2D eigenvalue weighted by molar-refractivity contribution is 5.28. The van der Waals surface area contributed by atoms with Crippen molar-refractivity contribution < 1.29 is 4.74 Å². The number of nitrogens with one attached hydrogen (secondary N) is 1. The van der Waals surface area contributed by atoms with Gasteiger partial charge in [0.05, 0.1) is 19.7 Å². The highest BCUT2D eigenvalue weighted by atomic mass is 16.5. The number of methoxy groups -OCH3 is 1. The molecule has 108 valence electrons. The third-order valence-corrected chi connectivity index (χ3v) is 3.11. The maximum Gasteiger partial charge on any atom is 0.168 e. The molecule has 1 aromatic carbocycles. The predicted molar refractivity (Wildman–Crippen MR) is 76.6 cm³/mol. The van der Waals surface area contributed by atoms with E-state index in [0.717, 1.165) is 30.1 Å². The Hall–Kier alpha value is -1.95. The molecule has 2 rings (SSSR count). The molecule has 0 aliphatic carbocycles. The fourth-order valence-electron chi connectivity index (χ4n) is 2.03. The van der Waals surface area contributed by atoms with E-state index in [1.165, 1.54) is 0 Å². The van der Waals surface area contributed by atoms with E-state index in [-0.39, 0.29) is 6.04 Å². The molecular formula is C14H21N5O. The van der Waals surface area contributed by atoms with E-state index in [9.17, 15) is 0 Å². The molecule has 0 radical (unpaired) electrons. The van der Waals surface area contributed by atoms with E-state index in [1.54, 1.807) is 7.11 Å². The zero-order chi connectivity index (χ0) is 14.4. The number of hydrogen-bond donors (Lipinski definition) is 1. The van der Waals surface area contributed by atoms with Crippen molar-refractivity contribution in [3.63, 3.8) is 0 Å². The minimum atomic E-state index is 0.135. The monoisotopic (exact) mass is 275 g/mol. The van der Waals surface area contributed by atoms with Crippen molar-refractivity contribution in [3.8, 4) is 5.75 Å². The van der Waals surface area contributed by atoms with Gasteiger partial charge in [0.25, 0.3) is 0 Å². The summed E-state index contributed by atoms with van der Waals surface area (Å²) in [6.45, 7) is 5.80. The Kier molecular flexibility index (Phi) is 5.06. The molecule has 0 bridgehead atoms. The number of rotatable bonds is 7. The van der Waals surface area contributed by atoms with Crippen molar-refractivity contribution in [2.24, 2.45) is 0 Å². The quantitative estimate of drug-likeness (QED) is 0.834. The van der Waals surface area contributed by atoms with E-state index >= 15 is 0 Å². The number of ether oxygens (including phenoxy) is 1. The van der Waals surface area contributed by atoms with Crippen LogP contribution in [0.25, 0.3) is 0 Å². The van der Waals surface area contributed by atoms with E-state index in [2.05, 4.69) is 34.7 Å². The Morgan fingerprint density at radius 2 is 2.25 bits per heavy atom. The van der Waals surface area contributed by atoms with Crippen molar-refractivity contribution in [2.75, 3.05) is 13.7 Å². The molecule has 0 aliphatic heterocycles. The van der Waals surface area contributed by atoms with Gasteiger partial charge >= 0.3 is 0 Å². The van der Waals surface area contributed by atoms with Gasteiger partial charge < -0.3 is 10.1 Å². The second kappa shape index (κ2) is 7.00. The zero-order valence-corrected chi connectivity index (χ0v) is 12.2. The van der Waals surface area contributed by atoms with Crippen LogP contribution in [0.5, 0.6) is 5.75 Å². The van der Waals surface area contributed by atoms with Crippen molar-refractivity contribution in [3.05, 3.63) is 35.7 Å². The lowest BCUT2D eigenvalue weighted by Gasteiger charge is -2.13. The van der Waals surface area contributed by atoms with E-state index in [0.29, 0.717) is 6.54 Å². The normalized spacial score (nSPS) is 12.3. The molecule has 2 aromatic rings. The average molecular weight is 275 g/mol. The van der Waals surface area contributed by atoms with E-state index in [1.807, 2.05) is 28.9 Å². The van der Waals surface area contributed by atoms with Crippen molar-refractivity contribution >= 4 is 0 Å². The lowest BCUT2D eigenvalue weighted by molar-refractivity contribution is 0.414. The molecule has 1 heterocycles. The summed E-state index contributed by atoms with van der Waals surface area (Å²) < 4.78 is 7.05. The molecule has 0 aliphatic rings. The summed E-state index contributed by atoms with van der Waals surface area (Å²) in [6, 6.07) is 8.07. The fraction of sp³-hybridized carbons (Fsp3) is 0.500. The first kappa shape index (κ1) is 14.5. The van der Waals surface area contributed by atoms with Gasteiger partial charge in [-0.3, -0.25) is 0 Å². The first-order chi connectivity index (χ1) is 9.74. The van der Waals surface area contributed by atoms with Crippen LogP contribution >= 0.6 is 0 Å². The largest absolute Gasteiger partial charge is 0.497 e. The van der Waals surface area contributed by atoms with Gasteiger partial charge in [0, 0.05) is 0 Å². The lowest BCUT2D eigenvalue weighted by Crippen LogP contribution is -2.23. The zero-order valence-electron chi connectivity index (χ0n) is 12.2. The van der Waals surface area contributed by atoms with Crippen LogP contribution in [0, 0.1) is 0 Å². The fourth-order valence-corrected chi connectivity index (χ4v) is 2.03. The van der Waals surface area contributed by atoms with Crippen molar-refractivity contribution in [2.45, 2.75) is 32.9 Å². The number of tetrazole rings is 1. The summed E-state index contributed by atoms with van der Waals surface area (Å²) in [5.74, 6) is 1.69. The van der Waals surface area contributed by atoms with Gasteiger partial charge in [-0.05, 0) is 48.0 Å². The van der Waals surface area contributed by atoms with Gasteiger partial charge in [-0.2, -0.15) is 0 Å². The van der Waals surface area contributed by atoms with Gasteiger partial charge in [-0.1, -0.05) is 19.1 Å². The molecule has 0 saturated heterocycles. The SMILES string of the molecule is CCCNC(C)c1nnnn1Cc1cccc(OC)c1. The molecule has 0 spiro atoms. The Bertz CT molecular complexity index is 540. The Balaban J connectivity index is 2.11. The van der Waals surface area contributed by atoms with Crippen LogP contribution in [0.3, 0.4) is 0 Å². The molecule has 6 heteroatoms. The second-order valence-electron chi connectivity index (χ2n) is 4.72. The van der Waals surface area contributed by atoms with Crippen LogP contribution in [0.1, 0.15) is 37.7 Å². The van der Waals surface area contributed by atoms with Gasteiger partial charge in [0.15, 0.2) is 5.82 Å². The van der Waals surface area contributed by atoms with Gasteiger partial charge in [0.1, 0.15) is 5.75 Å². The predicted octanol–water partition coefficient (Wildman–Crippen LogP) is 1.79. The molecule has 1 aromatic heterocycles. The van der Waals surface area contributed by atoms with Crippen LogP contribution < -0.4 is 10.1 Å². The smallest absolute Gasteiger partial charge is 0.168 e. The first-order valence-corrected chi connectivity index (χ1v) is 6.87. The maximum atomic E-state index is 5.23. The van der Waals surface area contributed by atoms with Crippen LogP contribution in [-0.4, -0.2) is 33.9 Å². The molecule has 1 atom stereocenters. The summed E-state index contributed by atoms with van der Waals surface area (Å²) in [7, 11) is 1.66. The van der Waals surface area contributed by atoms with Crippen LogP contribution in [0.2, 0.25) is 0 Å². The third-order valence-electron chi connectivity index (χ3n) is 3.11. The standard InChI is InChI=1S/C14H21N5O/c1-4-8-15-11(2)14-16-17-18-19(14)10-12-6-5-7-13(9-12)20-3/h5-7,9,11,15H,4,8,10H2,1-3H3. The summed E-state index contributed by atoms with van der Waals surface area (Å²) in [6.07, 6.45) is 1.09. The Labute approximate surface area is 119 Å². The minimum Gasteiger partial charge on any atom is -0.497 e. The van der Waals surface area contributed by atoms with Gasteiger partial charge in [-0.25, -0.2) is 4.68 Å².